The van der Waals surface area contributed by atoms with Gasteiger partial charge in [-0.25, -0.2) is 9.97 Å². The molecule has 0 unspecified atom stereocenters. The molecule has 1 saturated carbocycles. The van der Waals surface area contributed by atoms with Crippen LogP contribution in [0.4, 0.5) is 13.2 Å². The highest BCUT2D eigenvalue weighted by molar-refractivity contribution is 6.40. The van der Waals surface area contributed by atoms with E-state index < -0.39 is 53.6 Å². The Balaban J connectivity index is 1.69. The molecule has 0 radical (unpaired) electrons. The molecule has 1 aliphatic carbocycles. The van der Waals surface area contributed by atoms with E-state index in [0.717, 1.165) is 15.8 Å². The highest BCUT2D eigenvalue weighted by Crippen LogP contribution is 2.39. The molecular formula is C25H22Cl2F3N5O4. The number of hydrogen-bond donors (Lipinski definition) is 1. The molecule has 1 N–H and O–H groups in total. The van der Waals surface area contributed by atoms with E-state index in [0.29, 0.717) is 5.56 Å². The molecule has 1 aliphatic rings. The van der Waals surface area contributed by atoms with Crippen molar-refractivity contribution in [2.24, 2.45) is 5.92 Å². The van der Waals surface area contributed by atoms with Crippen molar-refractivity contribution >= 4 is 40.9 Å². The Labute approximate surface area is 230 Å². The summed E-state index contributed by atoms with van der Waals surface area (Å²) in [6.07, 6.45) is 0.549. The molecule has 0 atom stereocenters. The van der Waals surface area contributed by atoms with Gasteiger partial charge in [0.2, 0.25) is 0 Å². The maximum absolute atomic E-state index is 14.3. The summed E-state index contributed by atoms with van der Waals surface area (Å²) in [6, 6.07) is 3.66. The van der Waals surface area contributed by atoms with E-state index in [1.807, 2.05) is 0 Å². The largest absolute Gasteiger partial charge is 0.481 e. The number of Topliss-reactive ketones (excluding diaryl/α,β-unsaturated/α-hetero) is 1. The number of carbonyl (C=O) groups is 3. The number of ketones is 1. The smallest absolute Gasteiger partial charge is 0.433 e. The number of hydrogen-bond acceptors (Lipinski definition) is 6. The van der Waals surface area contributed by atoms with Gasteiger partial charge in [-0.3, -0.25) is 19.1 Å². The molecule has 0 spiro atoms. The topological polar surface area (TPSA) is 118 Å². The summed E-state index contributed by atoms with van der Waals surface area (Å²) in [5.41, 5.74) is -1.69. The number of nitrogens with zero attached hydrogens (tertiary/aromatic N) is 5. The van der Waals surface area contributed by atoms with Crippen LogP contribution in [0.2, 0.25) is 10.0 Å². The van der Waals surface area contributed by atoms with Crippen molar-refractivity contribution < 1.29 is 32.7 Å². The molecule has 3 aromatic rings. The molecule has 14 heteroatoms. The fraction of sp³-hybridized carbons (Fsp3) is 0.360. The number of aromatic nitrogens is 4. The first-order chi connectivity index (χ1) is 18.5. The molecule has 2 heterocycles. The lowest BCUT2D eigenvalue weighted by atomic mass is 9.86. The normalized spacial score (nSPS) is 17.6. The van der Waals surface area contributed by atoms with Crippen molar-refractivity contribution in [3.05, 3.63) is 75.5 Å². The standard InChI is InChI=1S/C25H22Cl2F3N5O4/c26-18-2-1-3-19(27)21(18)20(36)12-34(11-14-8-31-13-32-9-14)23(37)17-10-33-35(22(17)25(28,29)30)16-6-4-15(5-7-16)24(38)39/h1-3,8-10,13,15-16H,4-7,11-12H2,(H,38,39)/t15-,16-. The summed E-state index contributed by atoms with van der Waals surface area (Å²) in [6.45, 7) is -0.914. The van der Waals surface area contributed by atoms with Crippen molar-refractivity contribution in [3.63, 3.8) is 0 Å². The van der Waals surface area contributed by atoms with E-state index in [1.165, 1.54) is 36.9 Å². The van der Waals surface area contributed by atoms with Gasteiger partial charge in [-0.2, -0.15) is 18.3 Å². The van der Waals surface area contributed by atoms with Gasteiger partial charge in [-0.05, 0) is 37.8 Å². The van der Waals surface area contributed by atoms with Gasteiger partial charge in [0.1, 0.15) is 6.33 Å². The molecular weight excluding hydrogens is 562 g/mol. The Morgan fingerprint density at radius 1 is 1.03 bits per heavy atom. The Kier molecular flexibility index (Phi) is 8.55. The highest BCUT2D eigenvalue weighted by atomic mass is 35.5. The lowest BCUT2D eigenvalue weighted by molar-refractivity contribution is -0.147. The average Bonchev–Trinajstić information content (AvgIpc) is 3.34. The van der Waals surface area contributed by atoms with E-state index in [-0.39, 0.29) is 47.8 Å². The second-order valence-electron chi connectivity index (χ2n) is 9.12. The zero-order valence-electron chi connectivity index (χ0n) is 20.2. The summed E-state index contributed by atoms with van der Waals surface area (Å²) in [5.74, 6) is -3.40. The van der Waals surface area contributed by atoms with Gasteiger partial charge in [0.05, 0.1) is 45.9 Å². The molecule has 1 amide bonds. The van der Waals surface area contributed by atoms with Crippen LogP contribution in [0.25, 0.3) is 0 Å². The first-order valence-electron chi connectivity index (χ1n) is 11.8. The summed E-state index contributed by atoms with van der Waals surface area (Å²) in [4.78, 5) is 46.7. The van der Waals surface area contributed by atoms with Gasteiger partial charge in [-0.15, -0.1) is 0 Å². The first kappa shape index (κ1) is 28.5. The zero-order chi connectivity index (χ0) is 28.3. The van der Waals surface area contributed by atoms with Crippen LogP contribution in [-0.4, -0.2) is 54.0 Å². The van der Waals surface area contributed by atoms with Gasteiger partial charge in [0.15, 0.2) is 11.5 Å². The molecule has 1 aromatic carbocycles. The molecule has 4 rings (SSSR count). The number of rotatable bonds is 8. The van der Waals surface area contributed by atoms with Crippen molar-refractivity contribution in [1.29, 1.82) is 0 Å². The predicted molar refractivity (Wildman–Crippen MR) is 133 cm³/mol. The van der Waals surface area contributed by atoms with E-state index in [1.54, 1.807) is 0 Å². The van der Waals surface area contributed by atoms with E-state index >= 15 is 0 Å². The Hall–Kier alpha value is -3.51. The fourth-order valence-corrected chi connectivity index (χ4v) is 5.27. The minimum Gasteiger partial charge on any atom is -0.481 e. The predicted octanol–water partition coefficient (Wildman–Crippen LogP) is 5.34. The van der Waals surface area contributed by atoms with Gasteiger partial charge in [0, 0.05) is 24.5 Å². The number of aliphatic carboxylic acids is 1. The van der Waals surface area contributed by atoms with Gasteiger partial charge < -0.3 is 10.0 Å². The molecule has 0 saturated heterocycles. The van der Waals surface area contributed by atoms with Crippen molar-refractivity contribution in [2.45, 2.75) is 44.4 Å². The third-order valence-corrected chi connectivity index (χ3v) is 7.17. The van der Waals surface area contributed by atoms with E-state index in [4.69, 9.17) is 23.2 Å². The molecule has 39 heavy (non-hydrogen) atoms. The van der Waals surface area contributed by atoms with Crippen LogP contribution in [0.3, 0.4) is 0 Å². The van der Waals surface area contributed by atoms with Crippen LogP contribution >= 0.6 is 23.2 Å². The van der Waals surface area contributed by atoms with Gasteiger partial charge in [-0.1, -0.05) is 29.3 Å². The molecule has 9 nitrogen and oxygen atoms in total. The lowest BCUT2D eigenvalue weighted by Gasteiger charge is -2.28. The number of amides is 1. The molecule has 2 aromatic heterocycles. The van der Waals surface area contributed by atoms with Crippen LogP contribution < -0.4 is 0 Å². The van der Waals surface area contributed by atoms with Crippen LogP contribution in [-0.2, 0) is 17.5 Å². The number of carboxylic acids is 1. The maximum atomic E-state index is 14.3. The van der Waals surface area contributed by atoms with Crippen molar-refractivity contribution in [2.75, 3.05) is 6.54 Å². The number of carboxylic acid groups (broad SMARTS) is 1. The van der Waals surface area contributed by atoms with Crippen LogP contribution in [0.5, 0.6) is 0 Å². The van der Waals surface area contributed by atoms with Crippen molar-refractivity contribution in [1.82, 2.24) is 24.6 Å². The van der Waals surface area contributed by atoms with Crippen LogP contribution in [0, 0.1) is 5.92 Å². The lowest BCUT2D eigenvalue weighted by Crippen LogP contribution is -2.37. The Bertz CT molecular complexity index is 1360. The SMILES string of the molecule is O=C(CN(Cc1cncnc1)C(=O)c1cnn([C@H]2CC[C@H](C(=O)O)CC2)c1C(F)(F)F)c1c(Cl)cccc1Cl. The van der Waals surface area contributed by atoms with E-state index in [2.05, 4.69) is 15.1 Å². The third-order valence-electron chi connectivity index (χ3n) is 6.54. The minimum absolute atomic E-state index is 0.0312. The monoisotopic (exact) mass is 583 g/mol. The minimum atomic E-state index is -4.96. The van der Waals surface area contributed by atoms with Gasteiger partial charge in [0.25, 0.3) is 5.91 Å². The van der Waals surface area contributed by atoms with Gasteiger partial charge >= 0.3 is 12.1 Å². The van der Waals surface area contributed by atoms with Crippen LogP contribution in [0.15, 0.2) is 43.1 Å². The number of carbonyl (C=O) groups excluding carboxylic acids is 2. The molecule has 0 bridgehead atoms. The summed E-state index contributed by atoms with van der Waals surface area (Å²) in [5, 5.41) is 13.2. The van der Waals surface area contributed by atoms with E-state index in [9.17, 15) is 32.7 Å². The Morgan fingerprint density at radius 3 is 2.21 bits per heavy atom. The second kappa shape index (κ2) is 11.7. The number of alkyl halides is 3. The number of benzene rings is 1. The molecule has 1 fully saturated rings. The molecule has 0 aliphatic heterocycles. The highest BCUT2D eigenvalue weighted by Gasteiger charge is 2.43. The summed E-state index contributed by atoms with van der Waals surface area (Å²) < 4.78 is 43.8. The average molecular weight is 584 g/mol. The maximum Gasteiger partial charge on any atom is 0.433 e. The molecule has 206 valence electrons. The fourth-order valence-electron chi connectivity index (χ4n) is 4.66. The number of halogens is 5. The second-order valence-corrected chi connectivity index (χ2v) is 9.94. The Morgan fingerprint density at radius 2 is 1.64 bits per heavy atom. The quantitative estimate of drug-likeness (QED) is 0.355. The van der Waals surface area contributed by atoms with Crippen LogP contribution in [0.1, 0.15) is 63.7 Å². The summed E-state index contributed by atoms with van der Waals surface area (Å²) in [7, 11) is 0. The third kappa shape index (κ3) is 6.39. The van der Waals surface area contributed by atoms with Crippen molar-refractivity contribution in [3.8, 4) is 0 Å². The summed E-state index contributed by atoms with van der Waals surface area (Å²) >= 11 is 12.3. The zero-order valence-corrected chi connectivity index (χ0v) is 21.7. The first-order valence-corrected chi connectivity index (χ1v) is 12.6.